The highest BCUT2D eigenvalue weighted by Gasteiger charge is 2.22. The van der Waals surface area contributed by atoms with Crippen LogP contribution in [-0.2, 0) is 16.0 Å². The highest BCUT2D eigenvalue weighted by atomic mass is 16.1. The average molecular weight is 302 g/mol. The van der Waals surface area contributed by atoms with Crippen molar-refractivity contribution in [3.63, 3.8) is 0 Å². The van der Waals surface area contributed by atoms with Crippen LogP contribution in [0.5, 0.6) is 0 Å². The lowest BCUT2D eigenvalue weighted by Crippen LogP contribution is -2.17. The van der Waals surface area contributed by atoms with Crippen LogP contribution in [0.4, 0.5) is 0 Å². The molecule has 0 N–H and O–H groups in total. The highest BCUT2D eigenvalue weighted by Crippen LogP contribution is 2.27. The Kier molecular flexibility index (Phi) is 8.08. The maximum Gasteiger partial charge on any atom is 0.140 e. The van der Waals surface area contributed by atoms with Gasteiger partial charge in [-0.3, -0.25) is 9.59 Å². The molecule has 1 aromatic carbocycles. The van der Waals surface area contributed by atoms with Crippen molar-refractivity contribution in [1.82, 2.24) is 0 Å². The second kappa shape index (κ2) is 9.55. The molecule has 122 valence electrons. The lowest BCUT2D eigenvalue weighted by Gasteiger charge is -2.20. The summed E-state index contributed by atoms with van der Waals surface area (Å²) in [6, 6.07) is 8.24. The number of carbonyl (C=O) groups excluding carboxylic acids is 2. The number of Topliss-reactive ketones (excluding diaryl/α,β-unsaturated/α-hetero) is 2. The lowest BCUT2D eigenvalue weighted by molar-refractivity contribution is -0.124. The summed E-state index contributed by atoms with van der Waals surface area (Å²) in [6.07, 6.45) is 5.99. The van der Waals surface area contributed by atoms with Crippen LogP contribution in [0.2, 0.25) is 0 Å². The minimum absolute atomic E-state index is 0.120. The SMILES string of the molecule is CC.CC1C(=O)CCc2ccccc21.CC1CCCCC1=O. The Balaban J connectivity index is 0.000000211. The monoisotopic (exact) mass is 302 g/mol. The smallest absolute Gasteiger partial charge is 0.140 e. The number of rotatable bonds is 0. The van der Waals surface area contributed by atoms with Gasteiger partial charge in [-0.1, -0.05) is 58.4 Å². The molecule has 0 radical (unpaired) electrons. The summed E-state index contributed by atoms with van der Waals surface area (Å²) < 4.78 is 0. The zero-order valence-corrected chi connectivity index (χ0v) is 14.5. The molecule has 0 aliphatic heterocycles. The number of fused-ring (bicyclic) bond motifs is 1. The van der Waals surface area contributed by atoms with E-state index in [-0.39, 0.29) is 5.92 Å². The van der Waals surface area contributed by atoms with E-state index in [0.717, 1.165) is 32.1 Å². The van der Waals surface area contributed by atoms with Crippen LogP contribution in [0.15, 0.2) is 24.3 Å². The first-order valence-corrected chi connectivity index (χ1v) is 8.73. The van der Waals surface area contributed by atoms with E-state index in [4.69, 9.17) is 0 Å². The molecular formula is C20H30O2. The molecule has 2 aliphatic carbocycles. The van der Waals surface area contributed by atoms with E-state index >= 15 is 0 Å². The molecule has 1 fully saturated rings. The number of carbonyl (C=O) groups is 2. The van der Waals surface area contributed by atoms with Gasteiger partial charge in [0.05, 0.1) is 0 Å². The van der Waals surface area contributed by atoms with Crippen molar-refractivity contribution < 1.29 is 9.59 Å². The average Bonchev–Trinajstić information content (AvgIpc) is 2.57. The molecule has 22 heavy (non-hydrogen) atoms. The lowest BCUT2D eigenvalue weighted by atomic mass is 9.83. The second-order valence-electron chi connectivity index (χ2n) is 6.00. The number of ketones is 2. The predicted molar refractivity (Wildman–Crippen MR) is 92.2 cm³/mol. The van der Waals surface area contributed by atoms with Gasteiger partial charge in [-0.2, -0.15) is 0 Å². The molecule has 2 nitrogen and oxygen atoms in total. The molecule has 0 bridgehead atoms. The summed E-state index contributed by atoms with van der Waals surface area (Å²) in [6.45, 7) is 8.03. The van der Waals surface area contributed by atoms with E-state index in [1.54, 1.807) is 0 Å². The Morgan fingerprint density at radius 1 is 0.864 bits per heavy atom. The van der Waals surface area contributed by atoms with E-state index in [9.17, 15) is 9.59 Å². The van der Waals surface area contributed by atoms with Gasteiger partial charge in [0.2, 0.25) is 0 Å². The van der Waals surface area contributed by atoms with Crippen molar-refractivity contribution in [2.45, 2.75) is 72.1 Å². The topological polar surface area (TPSA) is 34.1 Å². The molecule has 0 spiro atoms. The number of hydrogen-bond acceptors (Lipinski definition) is 2. The van der Waals surface area contributed by atoms with Crippen LogP contribution >= 0.6 is 0 Å². The molecule has 2 aliphatic rings. The Morgan fingerprint density at radius 2 is 1.55 bits per heavy atom. The van der Waals surface area contributed by atoms with Crippen LogP contribution in [0, 0.1) is 5.92 Å². The van der Waals surface area contributed by atoms with Gasteiger partial charge >= 0.3 is 0 Å². The van der Waals surface area contributed by atoms with Gasteiger partial charge in [0.15, 0.2) is 0 Å². The standard InChI is InChI=1S/C11H12O.C7H12O.C2H6/c1-8-10-5-3-2-4-9(10)6-7-11(8)12;1-6-4-2-3-5-7(6)8;1-2/h2-5,8H,6-7H2,1H3;6H,2-5H2,1H3;1-2H3. The first-order valence-electron chi connectivity index (χ1n) is 8.73. The number of benzene rings is 1. The van der Waals surface area contributed by atoms with Crippen LogP contribution in [0.1, 0.15) is 76.8 Å². The molecule has 0 amide bonds. The van der Waals surface area contributed by atoms with Gasteiger partial charge in [0, 0.05) is 24.7 Å². The van der Waals surface area contributed by atoms with Crippen molar-refractivity contribution in [1.29, 1.82) is 0 Å². The summed E-state index contributed by atoms with van der Waals surface area (Å²) in [5, 5.41) is 0. The zero-order chi connectivity index (χ0) is 16.5. The largest absolute Gasteiger partial charge is 0.299 e. The minimum atomic E-state index is 0.120. The zero-order valence-electron chi connectivity index (χ0n) is 14.5. The molecule has 2 heteroatoms. The molecule has 3 rings (SSSR count). The molecular weight excluding hydrogens is 272 g/mol. The van der Waals surface area contributed by atoms with Gasteiger partial charge in [-0.05, 0) is 30.4 Å². The maximum atomic E-state index is 11.4. The second-order valence-corrected chi connectivity index (χ2v) is 6.00. The Hall–Kier alpha value is -1.44. The van der Waals surface area contributed by atoms with E-state index in [1.807, 2.05) is 39.8 Å². The van der Waals surface area contributed by atoms with Crippen molar-refractivity contribution in [3.8, 4) is 0 Å². The predicted octanol–water partition coefficient (Wildman–Crippen LogP) is 5.10. The summed E-state index contributed by atoms with van der Waals surface area (Å²) in [4.78, 5) is 22.2. The van der Waals surface area contributed by atoms with Gasteiger partial charge in [0.25, 0.3) is 0 Å². The van der Waals surface area contributed by atoms with Crippen LogP contribution in [0.25, 0.3) is 0 Å². The molecule has 2 unspecified atom stereocenters. The highest BCUT2D eigenvalue weighted by molar-refractivity contribution is 5.87. The first-order chi connectivity index (χ1) is 10.6. The van der Waals surface area contributed by atoms with E-state index in [0.29, 0.717) is 17.5 Å². The fourth-order valence-corrected chi connectivity index (χ4v) is 2.99. The van der Waals surface area contributed by atoms with E-state index in [2.05, 4.69) is 12.1 Å². The Morgan fingerprint density at radius 3 is 2.14 bits per heavy atom. The third-order valence-corrected chi connectivity index (χ3v) is 4.51. The summed E-state index contributed by atoms with van der Waals surface area (Å²) >= 11 is 0. The molecule has 2 atom stereocenters. The molecule has 1 aromatic rings. The van der Waals surface area contributed by atoms with Crippen LogP contribution in [-0.4, -0.2) is 11.6 Å². The van der Waals surface area contributed by atoms with Gasteiger partial charge in [-0.15, -0.1) is 0 Å². The normalized spacial score (nSPS) is 23.5. The number of aryl methyl sites for hydroxylation is 1. The van der Waals surface area contributed by atoms with Crippen molar-refractivity contribution in [2.24, 2.45) is 5.92 Å². The van der Waals surface area contributed by atoms with Gasteiger partial charge in [0.1, 0.15) is 11.6 Å². The maximum absolute atomic E-state index is 11.4. The third-order valence-electron chi connectivity index (χ3n) is 4.51. The van der Waals surface area contributed by atoms with Gasteiger partial charge < -0.3 is 0 Å². The summed E-state index contributed by atoms with van der Waals surface area (Å²) in [5.41, 5.74) is 2.58. The number of hydrogen-bond donors (Lipinski definition) is 0. The third kappa shape index (κ3) is 5.08. The van der Waals surface area contributed by atoms with Crippen molar-refractivity contribution in [2.75, 3.05) is 0 Å². The van der Waals surface area contributed by atoms with Crippen molar-refractivity contribution in [3.05, 3.63) is 35.4 Å². The molecule has 1 saturated carbocycles. The quantitative estimate of drug-likeness (QED) is 0.668. The Bertz CT molecular complexity index is 490. The molecule has 0 heterocycles. The summed E-state index contributed by atoms with van der Waals surface area (Å²) in [7, 11) is 0. The van der Waals surface area contributed by atoms with Crippen LogP contribution in [0.3, 0.4) is 0 Å². The van der Waals surface area contributed by atoms with Gasteiger partial charge in [-0.25, -0.2) is 0 Å². The molecule has 0 saturated heterocycles. The van der Waals surface area contributed by atoms with E-state index in [1.165, 1.54) is 17.5 Å². The van der Waals surface area contributed by atoms with E-state index < -0.39 is 0 Å². The minimum Gasteiger partial charge on any atom is -0.299 e. The van der Waals surface area contributed by atoms with Crippen molar-refractivity contribution >= 4 is 11.6 Å². The Labute approximate surface area is 135 Å². The van der Waals surface area contributed by atoms with Crippen LogP contribution < -0.4 is 0 Å². The fraction of sp³-hybridized carbons (Fsp3) is 0.600. The summed E-state index contributed by atoms with van der Waals surface area (Å²) in [5.74, 6) is 1.34. The first kappa shape index (κ1) is 18.6. The molecule has 0 aromatic heterocycles. The fourth-order valence-electron chi connectivity index (χ4n) is 2.99.